The summed E-state index contributed by atoms with van der Waals surface area (Å²) in [6, 6.07) is 5.10. The highest BCUT2D eigenvalue weighted by Crippen LogP contribution is 2.73. The number of benzene rings is 1. The van der Waals surface area contributed by atoms with Crippen LogP contribution in [0, 0.1) is 11.7 Å². The van der Waals surface area contributed by atoms with Gasteiger partial charge < -0.3 is 0 Å². The molecule has 0 spiro atoms. The third kappa shape index (κ3) is 0.869. The fourth-order valence-corrected chi connectivity index (χ4v) is 4.19. The van der Waals surface area contributed by atoms with Crippen molar-refractivity contribution in [1.29, 1.82) is 0 Å². The maximum atomic E-state index is 12.6. The van der Waals surface area contributed by atoms with Gasteiger partial charge >= 0.3 is 0 Å². The van der Waals surface area contributed by atoms with E-state index in [9.17, 15) is 12.8 Å². The second-order valence-electron chi connectivity index (χ2n) is 4.13. The van der Waals surface area contributed by atoms with Crippen LogP contribution in [0.5, 0.6) is 0 Å². The Morgan fingerprint density at radius 1 is 1.21 bits per heavy atom. The van der Waals surface area contributed by atoms with Crippen LogP contribution in [0.25, 0.3) is 0 Å². The minimum Gasteiger partial charge on any atom is -0.223 e. The predicted octanol–water partition coefficient (Wildman–Crippen LogP) is 1.76. The molecule has 0 heterocycles. The summed E-state index contributed by atoms with van der Waals surface area (Å²) >= 11 is 0. The topological polar surface area (TPSA) is 34.1 Å². The molecule has 0 bridgehead atoms. The SMILES string of the molecule is O=S(=O)(c1ccc(F)cc1)C12CC1C2. The van der Waals surface area contributed by atoms with Crippen molar-refractivity contribution in [3.8, 4) is 0 Å². The molecule has 74 valence electrons. The minimum absolute atomic E-state index is 0.263. The summed E-state index contributed by atoms with van der Waals surface area (Å²) in [7, 11) is -3.17. The van der Waals surface area contributed by atoms with Gasteiger partial charge in [-0.1, -0.05) is 0 Å². The first-order valence-corrected chi connectivity index (χ1v) is 6.05. The van der Waals surface area contributed by atoms with E-state index in [-0.39, 0.29) is 4.90 Å². The van der Waals surface area contributed by atoms with Gasteiger partial charge in [0.25, 0.3) is 0 Å². The molecule has 1 aromatic rings. The molecule has 1 aromatic carbocycles. The maximum Gasteiger partial charge on any atom is 0.184 e. The number of hydrogen-bond acceptors (Lipinski definition) is 2. The lowest BCUT2D eigenvalue weighted by Crippen LogP contribution is -2.14. The molecule has 0 aromatic heterocycles. The van der Waals surface area contributed by atoms with Crippen molar-refractivity contribution >= 4 is 9.84 Å². The molecule has 0 N–H and O–H groups in total. The Morgan fingerprint density at radius 2 is 1.71 bits per heavy atom. The van der Waals surface area contributed by atoms with Crippen LogP contribution in [0.1, 0.15) is 12.8 Å². The second-order valence-corrected chi connectivity index (χ2v) is 6.42. The summed E-state index contributed by atoms with van der Waals surface area (Å²) < 4.78 is 36.1. The molecule has 0 radical (unpaired) electrons. The quantitative estimate of drug-likeness (QED) is 0.700. The molecule has 0 atom stereocenters. The highest BCUT2D eigenvalue weighted by Gasteiger charge is 2.77. The first kappa shape index (κ1) is 8.41. The second kappa shape index (κ2) is 2.19. The fourth-order valence-electron chi connectivity index (χ4n) is 1.94. The Morgan fingerprint density at radius 3 is 2.14 bits per heavy atom. The lowest BCUT2D eigenvalue weighted by atomic mass is 10.3. The van der Waals surface area contributed by atoms with E-state index in [0.717, 1.165) is 12.8 Å². The van der Waals surface area contributed by atoms with Crippen LogP contribution in [0.4, 0.5) is 4.39 Å². The van der Waals surface area contributed by atoms with Crippen molar-refractivity contribution in [1.82, 2.24) is 0 Å². The van der Waals surface area contributed by atoms with Gasteiger partial charge in [0, 0.05) is 0 Å². The first-order valence-electron chi connectivity index (χ1n) is 4.56. The van der Waals surface area contributed by atoms with E-state index in [1.807, 2.05) is 0 Å². The van der Waals surface area contributed by atoms with E-state index in [4.69, 9.17) is 0 Å². The molecule has 2 nitrogen and oxygen atoms in total. The monoisotopic (exact) mass is 212 g/mol. The van der Waals surface area contributed by atoms with Gasteiger partial charge in [-0.3, -0.25) is 0 Å². The Bertz CT molecular complexity index is 483. The average Bonchev–Trinajstić information content (AvgIpc) is 2.90. The zero-order chi connectivity index (χ0) is 9.97. The molecule has 14 heavy (non-hydrogen) atoms. The lowest BCUT2D eigenvalue weighted by molar-refractivity contribution is 0.586. The van der Waals surface area contributed by atoms with Crippen LogP contribution < -0.4 is 0 Å². The molecule has 2 saturated carbocycles. The third-order valence-corrected chi connectivity index (χ3v) is 5.90. The molecule has 2 aliphatic carbocycles. The number of fused-ring (bicyclic) bond motifs is 1. The van der Waals surface area contributed by atoms with E-state index in [1.54, 1.807) is 0 Å². The van der Waals surface area contributed by atoms with E-state index in [0.29, 0.717) is 5.92 Å². The highest BCUT2D eigenvalue weighted by atomic mass is 32.2. The largest absolute Gasteiger partial charge is 0.223 e. The average molecular weight is 212 g/mol. The summed E-state index contributed by atoms with van der Waals surface area (Å²) in [4.78, 5) is 0.263. The van der Waals surface area contributed by atoms with Gasteiger partial charge in [0.05, 0.1) is 9.64 Å². The molecule has 0 amide bonds. The Hall–Kier alpha value is -0.900. The maximum absolute atomic E-state index is 12.6. The van der Waals surface area contributed by atoms with E-state index in [2.05, 4.69) is 0 Å². The molecule has 2 aliphatic rings. The predicted molar refractivity (Wildman–Crippen MR) is 49.0 cm³/mol. The van der Waals surface area contributed by atoms with Gasteiger partial charge in [0.15, 0.2) is 9.84 Å². The summed E-state index contributed by atoms with van der Waals surface area (Å²) in [5.74, 6) is -0.0119. The zero-order valence-corrected chi connectivity index (χ0v) is 8.22. The Labute approximate surface area is 81.7 Å². The van der Waals surface area contributed by atoms with Gasteiger partial charge in [-0.15, -0.1) is 0 Å². The first-order chi connectivity index (χ1) is 6.56. The van der Waals surface area contributed by atoms with Crippen molar-refractivity contribution in [3.05, 3.63) is 30.1 Å². The number of rotatable bonds is 2. The zero-order valence-electron chi connectivity index (χ0n) is 7.40. The van der Waals surface area contributed by atoms with E-state index < -0.39 is 20.4 Å². The molecule has 2 fully saturated rings. The van der Waals surface area contributed by atoms with Crippen LogP contribution in [0.2, 0.25) is 0 Å². The van der Waals surface area contributed by atoms with Crippen molar-refractivity contribution < 1.29 is 12.8 Å². The summed E-state index contributed by atoms with van der Waals surface area (Å²) in [5.41, 5.74) is 0. The molecule has 4 heteroatoms. The number of hydrogen-bond donors (Lipinski definition) is 0. The van der Waals surface area contributed by atoms with E-state index in [1.165, 1.54) is 24.3 Å². The van der Waals surface area contributed by atoms with Gasteiger partial charge in [0.1, 0.15) is 5.82 Å². The Balaban J connectivity index is 2.06. The Kier molecular flexibility index (Phi) is 1.31. The van der Waals surface area contributed by atoms with Gasteiger partial charge in [-0.05, 0) is 43.0 Å². The van der Waals surface area contributed by atoms with Crippen molar-refractivity contribution in [2.75, 3.05) is 0 Å². The molecule has 3 rings (SSSR count). The normalized spacial score (nSPS) is 33.6. The molecule has 0 aliphatic heterocycles. The number of sulfone groups is 1. The third-order valence-electron chi connectivity index (χ3n) is 3.27. The van der Waals surface area contributed by atoms with Crippen LogP contribution in [0.3, 0.4) is 0 Å². The van der Waals surface area contributed by atoms with Crippen LogP contribution in [-0.4, -0.2) is 13.2 Å². The van der Waals surface area contributed by atoms with Crippen LogP contribution in [0.15, 0.2) is 29.2 Å². The molecular weight excluding hydrogens is 203 g/mol. The summed E-state index contributed by atoms with van der Waals surface area (Å²) in [6.07, 6.45) is 1.60. The van der Waals surface area contributed by atoms with Crippen LogP contribution >= 0.6 is 0 Å². The molecular formula is C10H9FO2S. The van der Waals surface area contributed by atoms with Crippen molar-refractivity contribution in [2.24, 2.45) is 5.92 Å². The van der Waals surface area contributed by atoms with Crippen molar-refractivity contribution in [3.63, 3.8) is 0 Å². The minimum atomic E-state index is -3.17. The molecule has 0 unspecified atom stereocenters. The number of halogens is 1. The summed E-state index contributed by atoms with van der Waals surface area (Å²) in [5, 5.41) is 0. The van der Waals surface area contributed by atoms with Crippen LogP contribution in [-0.2, 0) is 9.84 Å². The standard InChI is InChI=1S/C10H9FO2S/c11-8-1-3-9(4-2-8)14(12,13)10-5-7(10)6-10/h1-4,7H,5-6H2. The van der Waals surface area contributed by atoms with E-state index >= 15 is 0 Å². The van der Waals surface area contributed by atoms with Crippen molar-refractivity contribution in [2.45, 2.75) is 22.5 Å². The van der Waals surface area contributed by atoms with Gasteiger partial charge in [0.2, 0.25) is 0 Å². The smallest absolute Gasteiger partial charge is 0.184 e. The lowest BCUT2D eigenvalue weighted by Gasteiger charge is -2.05. The molecule has 0 saturated heterocycles. The fraction of sp³-hybridized carbons (Fsp3) is 0.400. The highest BCUT2D eigenvalue weighted by molar-refractivity contribution is 7.93. The van der Waals surface area contributed by atoms with Gasteiger partial charge in [-0.25, -0.2) is 12.8 Å². The summed E-state index contributed by atoms with van der Waals surface area (Å²) in [6.45, 7) is 0. The van der Waals surface area contributed by atoms with Gasteiger partial charge in [-0.2, -0.15) is 0 Å².